The number of hydrogen-bond acceptors (Lipinski definition) is 5. The summed E-state index contributed by atoms with van der Waals surface area (Å²) in [6.45, 7) is 0.650. The van der Waals surface area contributed by atoms with Gasteiger partial charge in [0.05, 0.1) is 24.4 Å². The van der Waals surface area contributed by atoms with E-state index in [0.29, 0.717) is 22.5 Å². The highest BCUT2D eigenvalue weighted by molar-refractivity contribution is 14.1. The minimum Gasteiger partial charge on any atom is -0.497 e. The monoisotopic (exact) mass is 678 g/mol. The fourth-order valence-corrected chi connectivity index (χ4v) is 4.36. The molecule has 0 saturated carbocycles. The van der Waals surface area contributed by atoms with Crippen molar-refractivity contribution in [1.29, 1.82) is 0 Å². The highest BCUT2D eigenvalue weighted by atomic mass is 127. The van der Waals surface area contributed by atoms with Gasteiger partial charge >= 0.3 is 0 Å². The van der Waals surface area contributed by atoms with Gasteiger partial charge in [-0.2, -0.15) is 10.2 Å². The molecule has 11 heteroatoms. The van der Waals surface area contributed by atoms with Crippen LogP contribution < -0.4 is 4.74 Å². The second-order valence-corrected chi connectivity index (χ2v) is 9.22. The number of aromatic amines is 1. The van der Waals surface area contributed by atoms with Crippen LogP contribution in [-0.2, 0) is 6.54 Å². The molecule has 0 aliphatic carbocycles. The number of halogens is 4. The van der Waals surface area contributed by atoms with Gasteiger partial charge in [0.2, 0.25) is 0 Å². The first-order chi connectivity index (χ1) is 14.9. The van der Waals surface area contributed by atoms with Crippen molar-refractivity contribution < 1.29 is 4.74 Å². The van der Waals surface area contributed by atoms with E-state index in [9.17, 15) is 0 Å². The molecule has 0 aliphatic rings. The van der Waals surface area contributed by atoms with Crippen LogP contribution in [0, 0.1) is 7.40 Å². The van der Waals surface area contributed by atoms with Gasteiger partial charge in [-0.05, 0) is 87.1 Å². The number of H-pyrrole nitrogens is 1. The molecule has 1 N–H and O–H groups in total. The molecular weight excluding hydrogens is 665 g/mol. The SMILES string of the molecule is COc1ccc(Cn2nc(I)c3ccc(Cl)nc32)cc1.Clc1ccc2c(I)[nH]nc2n1. The summed E-state index contributed by atoms with van der Waals surface area (Å²) in [5, 5.41) is 14.3. The lowest BCUT2D eigenvalue weighted by molar-refractivity contribution is 0.414. The molecule has 0 radical (unpaired) electrons. The predicted molar refractivity (Wildman–Crippen MR) is 139 cm³/mol. The van der Waals surface area contributed by atoms with Crippen molar-refractivity contribution in [3.05, 3.63) is 71.8 Å². The van der Waals surface area contributed by atoms with Gasteiger partial charge in [-0.15, -0.1) is 0 Å². The summed E-state index contributed by atoms with van der Waals surface area (Å²) >= 11 is 16.0. The average molecular weight is 679 g/mol. The quantitative estimate of drug-likeness (QED) is 0.188. The fourth-order valence-electron chi connectivity index (χ4n) is 2.85. The Hall–Kier alpha value is -1.70. The van der Waals surface area contributed by atoms with E-state index < -0.39 is 0 Å². The number of hydrogen-bond donors (Lipinski definition) is 1. The van der Waals surface area contributed by atoms with Crippen LogP contribution in [0.15, 0.2) is 48.5 Å². The lowest BCUT2D eigenvalue weighted by atomic mass is 10.2. The van der Waals surface area contributed by atoms with Crippen LogP contribution in [0.25, 0.3) is 22.1 Å². The first-order valence-electron chi connectivity index (χ1n) is 8.92. The maximum Gasteiger partial charge on any atom is 0.183 e. The van der Waals surface area contributed by atoms with Crippen molar-refractivity contribution in [3.63, 3.8) is 0 Å². The summed E-state index contributed by atoms with van der Waals surface area (Å²) in [6.07, 6.45) is 0. The Kier molecular flexibility index (Phi) is 7.14. The van der Waals surface area contributed by atoms with E-state index in [0.717, 1.165) is 35.1 Å². The zero-order valence-corrected chi connectivity index (χ0v) is 21.8. The van der Waals surface area contributed by atoms with E-state index in [1.165, 1.54) is 0 Å². The minimum absolute atomic E-state index is 0.473. The normalized spacial score (nSPS) is 10.9. The molecule has 0 amide bonds. The summed E-state index contributed by atoms with van der Waals surface area (Å²) in [5.74, 6) is 0.842. The van der Waals surface area contributed by atoms with Crippen molar-refractivity contribution in [2.75, 3.05) is 7.11 Å². The van der Waals surface area contributed by atoms with Crippen LogP contribution in [0.1, 0.15) is 5.56 Å². The summed E-state index contributed by atoms with van der Waals surface area (Å²) < 4.78 is 8.94. The first-order valence-corrected chi connectivity index (χ1v) is 11.8. The molecule has 0 unspecified atom stereocenters. The summed E-state index contributed by atoms with van der Waals surface area (Å²) in [7, 11) is 1.66. The number of pyridine rings is 2. The Morgan fingerprint density at radius 2 is 1.61 bits per heavy atom. The number of nitrogens with one attached hydrogen (secondary N) is 1. The predicted octanol–water partition coefficient (Wildman–Crippen LogP) is 5.96. The summed E-state index contributed by atoms with van der Waals surface area (Å²) in [6, 6.07) is 15.3. The number of ether oxygens (including phenoxy) is 1. The molecule has 0 fully saturated rings. The average Bonchev–Trinajstić information content (AvgIpc) is 3.28. The largest absolute Gasteiger partial charge is 0.497 e. The van der Waals surface area contributed by atoms with Gasteiger partial charge in [-0.25, -0.2) is 14.6 Å². The van der Waals surface area contributed by atoms with Crippen molar-refractivity contribution in [2.45, 2.75) is 6.54 Å². The number of rotatable bonds is 3. The highest BCUT2D eigenvalue weighted by Crippen LogP contribution is 2.22. The molecule has 0 aliphatic heterocycles. The molecular formula is C20H14Cl2I2N6O. The van der Waals surface area contributed by atoms with Gasteiger partial charge in [-0.3, -0.25) is 5.10 Å². The van der Waals surface area contributed by atoms with Gasteiger partial charge in [0.15, 0.2) is 11.3 Å². The maximum absolute atomic E-state index is 5.97. The molecule has 5 aromatic rings. The Balaban J connectivity index is 0.000000177. The second kappa shape index (κ2) is 9.84. The lowest BCUT2D eigenvalue weighted by Gasteiger charge is -2.05. The third-order valence-electron chi connectivity index (χ3n) is 4.35. The van der Waals surface area contributed by atoms with Gasteiger partial charge in [-0.1, -0.05) is 35.3 Å². The molecule has 4 aromatic heterocycles. The van der Waals surface area contributed by atoms with Crippen molar-refractivity contribution in [1.82, 2.24) is 29.9 Å². The number of fused-ring (bicyclic) bond motifs is 2. The first kappa shape index (κ1) is 22.5. The molecule has 5 rings (SSSR count). The van der Waals surface area contributed by atoms with E-state index in [-0.39, 0.29) is 0 Å². The van der Waals surface area contributed by atoms with E-state index >= 15 is 0 Å². The highest BCUT2D eigenvalue weighted by Gasteiger charge is 2.10. The van der Waals surface area contributed by atoms with Crippen LogP contribution in [0.3, 0.4) is 0 Å². The minimum atomic E-state index is 0.473. The molecule has 158 valence electrons. The van der Waals surface area contributed by atoms with Crippen LogP contribution in [0.5, 0.6) is 5.75 Å². The third-order valence-corrected chi connectivity index (χ3v) is 6.39. The van der Waals surface area contributed by atoms with Crippen LogP contribution in [-0.4, -0.2) is 37.1 Å². The van der Waals surface area contributed by atoms with Gasteiger partial charge in [0.1, 0.15) is 23.5 Å². The number of benzene rings is 1. The Morgan fingerprint density at radius 1 is 0.935 bits per heavy atom. The van der Waals surface area contributed by atoms with E-state index in [2.05, 4.69) is 70.4 Å². The third kappa shape index (κ3) is 5.21. The van der Waals surface area contributed by atoms with Crippen molar-refractivity contribution in [2.24, 2.45) is 0 Å². The number of aromatic nitrogens is 6. The Morgan fingerprint density at radius 3 is 2.32 bits per heavy atom. The lowest BCUT2D eigenvalue weighted by Crippen LogP contribution is -2.03. The van der Waals surface area contributed by atoms with E-state index in [1.807, 2.05) is 41.1 Å². The number of methoxy groups -OCH3 is 1. The van der Waals surface area contributed by atoms with Crippen molar-refractivity contribution in [3.8, 4) is 5.75 Å². The molecule has 0 saturated heterocycles. The van der Waals surface area contributed by atoms with Crippen LogP contribution in [0.2, 0.25) is 10.3 Å². The topological polar surface area (TPSA) is 81.5 Å². The standard InChI is InChI=1S/C14H11ClIN3O.C6H3ClIN3/c1-20-10-4-2-9(3-5-10)8-19-14-11(13(16)18-19)6-7-12(15)17-14;7-4-2-1-3-5(8)10-11-6(3)9-4/h2-7H,8H2,1H3;1-2H,(H,9,10,11). The van der Waals surface area contributed by atoms with E-state index in [4.69, 9.17) is 27.9 Å². The molecule has 0 bridgehead atoms. The molecule has 0 spiro atoms. The van der Waals surface area contributed by atoms with Crippen molar-refractivity contribution >= 4 is 90.5 Å². The van der Waals surface area contributed by atoms with Gasteiger partial charge in [0.25, 0.3) is 0 Å². The molecule has 4 heterocycles. The zero-order valence-electron chi connectivity index (χ0n) is 16.0. The second-order valence-electron chi connectivity index (χ2n) is 6.34. The fraction of sp³-hybridized carbons (Fsp3) is 0.100. The maximum atomic E-state index is 5.97. The Labute approximate surface area is 214 Å². The summed E-state index contributed by atoms with van der Waals surface area (Å²) in [4.78, 5) is 8.38. The van der Waals surface area contributed by atoms with Crippen LogP contribution >= 0.6 is 68.4 Å². The smallest absolute Gasteiger partial charge is 0.183 e. The molecule has 0 atom stereocenters. The molecule has 1 aromatic carbocycles. The molecule has 31 heavy (non-hydrogen) atoms. The zero-order chi connectivity index (χ0) is 22.0. The van der Waals surface area contributed by atoms with Crippen LogP contribution in [0.4, 0.5) is 0 Å². The van der Waals surface area contributed by atoms with Gasteiger partial charge < -0.3 is 4.74 Å². The summed E-state index contributed by atoms with van der Waals surface area (Å²) in [5.41, 5.74) is 2.60. The van der Waals surface area contributed by atoms with Gasteiger partial charge in [0, 0.05) is 0 Å². The van der Waals surface area contributed by atoms with E-state index in [1.54, 1.807) is 19.2 Å². The Bertz CT molecular complexity index is 1350. The molecule has 7 nitrogen and oxygen atoms in total. The number of nitrogens with zero attached hydrogens (tertiary/aromatic N) is 5.